The van der Waals surface area contributed by atoms with E-state index >= 15 is 0 Å². The highest BCUT2D eigenvalue weighted by molar-refractivity contribution is 7.18. The number of alkyl halides is 3. The first-order valence-electron chi connectivity index (χ1n) is 15.7. The van der Waals surface area contributed by atoms with Crippen molar-refractivity contribution < 1.29 is 18.3 Å². The third-order valence-electron chi connectivity index (χ3n) is 9.29. The molecule has 13 heteroatoms. The van der Waals surface area contributed by atoms with Crippen molar-refractivity contribution in [1.82, 2.24) is 29.2 Å². The van der Waals surface area contributed by atoms with Crippen LogP contribution in [0.5, 0.6) is 0 Å². The van der Waals surface area contributed by atoms with Crippen LogP contribution in [0, 0.1) is 18.3 Å². The van der Waals surface area contributed by atoms with E-state index in [2.05, 4.69) is 61.4 Å². The normalized spacial score (nSPS) is 18.3. The largest absolute Gasteiger partial charge is 0.393 e. The number of benzene rings is 1. The Balaban J connectivity index is 1.06. The Morgan fingerprint density at radius 1 is 1.09 bits per heavy atom. The van der Waals surface area contributed by atoms with Gasteiger partial charge >= 0.3 is 6.18 Å². The second-order valence-electron chi connectivity index (χ2n) is 12.2. The first-order chi connectivity index (χ1) is 22.1. The molecule has 0 amide bonds. The van der Waals surface area contributed by atoms with Gasteiger partial charge in [-0.05, 0) is 55.2 Å². The minimum absolute atomic E-state index is 0.172. The van der Waals surface area contributed by atoms with Crippen molar-refractivity contribution in [3.8, 4) is 6.07 Å². The number of aliphatic hydroxyl groups excluding tert-OH is 1. The number of aromatic nitrogens is 3. The van der Waals surface area contributed by atoms with Crippen LogP contribution in [0.1, 0.15) is 34.5 Å². The number of piperidine rings is 1. The van der Waals surface area contributed by atoms with Crippen molar-refractivity contribution in [2.24, 2.45) is 0 Å². The van der Waals surface area contributed by atoms with E-state index in [1.807, 2.05) is 11.0 Å². The van der Waals surface area contributed by atoms with Crippen LogP contribution in [-0.2, 0) is 19.5 Å². The number of likely N-dealkylation sites (tertiary alicyclic amines) is 1. The van der Waals surface area contributed by atoms with Crippen LogP contribution in [0.4, 0.5) is 19.0 Å². The van der Waals surface area contributed by atoms with Crippen LogP contribution in [0.15, 0.2) is 43.2 Å². The summed E-state index contributed by atoms with van der Waals surface area (Å²) >= 11 is 1.07. The van der Waals surface area contributed by atoms with E-state index < -0.39 is 18.8 Å². The molecule has 9 nitrogen and oxygen atoms in total. The average Bonchev–Trinajstić information content (AvgIpc) is 3.62. The van der Waals surface area contributed by atoms with Crippen molar-refractivity contribution in [3.05, 3.63) is 64.9 Å². The van der Waals surface area contributed by atoms with Gasteiger partial charge in [-0.3, -0.25) is 14.7 Å². The van der Waals surface area contributed by atoms with Crippen molar-refractivity contribution in [2.75, 3.05) is 51.1 Å². The Bertz CT molecular complexity index is 1730. The molecule has 46 heavy (non-hydrogen) atoms. The number of hydrogen-bond donors (Lipinski definition) is 2. The molecule has 0 radical (unpaired) electrons. The molecule has 5 heterocycles. The van der Waals surface area contributed by atoms with E-state index in [4.69, 9.17) is 0 Å². The lowest BCUT2D eigenvalue weighted by molar-refractivity contribution is -0.126. The van der Waals surface area contributed by atoms with Gasteiger partial charge in [0.1, 0.15) is 35.0 Å². The van der Waals surface area contributed by atoms with Crippen LogP contribution in [0.3, 0.4) is 0 Å². The lowest BCUT2D eigenvalue weighted by atomic mass is 10.0. The second kappa shape index (κ2) is 13.7. The number of rotatable bonds is 10. The molecule has 2 saturated heterocycles. The summed E-state index contributed by atoms with van der Waals surface area (Å²) in [6.07, 6.45) is -1.06. The number of aryl methyl sites for hydroxylation is 1. The van der Waals surface area contributed by atoms with E-state index in [1.54, 1.807) is 12.1 Å². The summed E-state index contributed by atoms with van der Waals surface area (Å²) in [4.78, 5) is 16.2. The smallest absolute Gasteiger partial charge is 0.375 e. The van der Waals surface area contributed by atoms with E-state index in [-0.39, 0.29) is 10.9 Å². The fraction of sp³-hybridized carbons (Fsp3) is 0.485. The molecule has 0 spiro atoms. The SMILES string of the molecule is C=CC(O)N1CCN(CCn2c(C#N)cc3c(C)c(CN4CCC(Nc5ncnc6sc(CC(F)(F)F)cc56)CC4)ccc32)CC1. The number of halogens is 3. The van der Waals surface area contributed by atoms with E-state index in [0.29, 0.717) is 21.7 Å². The van der Waals surface area contributed by atoms with Crippen LogP contribution in [0.2, 0.25) is 0 Å². The molecule has 4 aromatic rings. The number of fused-ring (bicyclic) bond motifs is 2. The first kappa shape index (κ1) is 32.4. The molecule has 2 N–H and O–H groups in total. The topological polar surface area (TPSA) is 96.5 Å². The fourth-order valence-corrected chi connectivity index (χ4v) is 7.67. The first-order valence-corrected chi connectivity index (χ1v) is 16.5. The van der Waals surface area contributed by atoms with Gasteiger partial charge in [0.2, 0.25) is 0 Å². The molecule has 0 aliphatic carbocycles. The van der Waals surface area contributed by atoms with Gasteiger partial charge in [0, 0.05) is 80.7 Å². The van der Waals surface area contributed by atoms with Crippen LogP contribution in [0.25, 0.3) is 21.1 Å². The van der Waals surface area contributed by atoms with Crippen molar-refractivity contribution in [3.63, 3.8) is 0 Å². The minimum atomic E-state index is -4.26. The number of aliphatic hydroxyl groups is 1. The summed E-state index contributed by atoms with van der Waals surface area (Å²) in [6, 6.07) is 10.5. The lowest BCUT2D eigenvalue weighted by Gasteiger charge is -2.36. The number of nitrogens with zero attached hydrogens (tertiary/aromatic N) is 7. The molecule has 1 unspecified atom stereocenters. The molecule has 2 aliphatic rings. The number of piperazine rings is 1. The zero-order valence-corrected chi connectivity index (χ0v) is 26.7. The van der Waals surface area contributed by atoms with Gasteiger partial charge in [-0.1, -0.05) is 12.6 Å². The standard InChI is InChI=1S/C33H39F3N8OS/c1-3-30(45)43-13-10-41(11-14-43)12-15-44-25(19-37)16-27-22(2)23(4-5-29(27)44)20-42-8-6-24(7-9-42)40-31-28-17-26(18-33(34,35)36)46-32(28)39-21-38-31/h3-5,16-17,21,24,30,45H,1,6-15,18,20H2,2H3,(H,38,39,40). The summed E-state index contributed by atoms with van der Waals surface area (Å²) in [5.74, 6) is 0.598. The average molecular weight is 653 g/mol. The highest BCUT2D eigenvalue weighted by Gasteiger charge is 2.29. The van der Waals surface area contributed by atoms with Crippen molar-refractivity contribution in [2.45, 2.75) is 57.7 Å². The molecule has 3 aromatic heterocycles. The maximum absolute atomic E-state index is 12.9. The Labute approximate surface area is 270 Å². The van der Waals surface area contributed by atoms with Gasteiger partial charge in [0.25, 0.3) is 0 Å². The summed E-state index contributed by atoms with van der Waals surface area (Å²) < 4.78 is 40.9. The molecular formula is C33H39F3N8OS. The third kappa shape index (κ3) is 7.21. The van der Waals surface area contributed by atoms with Crippen LogP contribution in [-0.4, -0.2) is 98.6 Å². The fourth-order valence-electron chi connectivity index (χ4n) is 6.64. The zero-order chi connectivity index (χ0) is 32.4. The minimum Gasteiger partial charge on any atom is -0.375 e. The Morgan fingerprint density at radius 3 is 2.54 bits per heavy atom. The van der Waals surface area contributed by atoms with Gasteiger partial charge < -0.3 is 15.0 Å². The van der Waals surface area contributed by atoms with Crippen molar-refractivity contribution in [1.29, 1.82) is 5.26 Å². The molecular weight excluding hydrogens is 613 g/mol. The Hall–Kier alpha value is -3.54. The van der Waals surface area contributed by atoms with Gasteiger partial charge in [0.15, 0.2) is 0 Å². The quantitative estimate of drug-likeness (QED) is 0.228. The highest BCUT2D eigenvalue weighted by atomic mass is 32.1. The Kier molecular flexibility index (Phi) is 9.63. The Morgan fingerprint density at radius 2 is 1.85 bits per heavy atom. The molecule has 0 saturated carbocycles. The summed E-state index contributed by atoms with van der Waals surface area (Å²) in [5.41, 5.74) is 4.17. The molecule has 1 atom stereocenters. The molecule has 1 aromatic carbocycles. The van der Waals surface area contributed by atoms with E-state index in [0.717, 1.165) is 94.0 Å². The van der Waals surface area contributed by atoms with Crippen LogP contribution >= 0.6 is 11.3 Å². The second-order valence-corrected chi connectivity index (χ2v) is 13.4. The molecule has 244 valence electrons. The molecule has 2 fully saturated rings. The van der Waals surface area contributed by atoms with Gasteiger partial charge in [0.05, 0.1) is 11.8 Å². The number of hydrogen-bond acceptors (Lipinski definition) is 9. The predicted molar refractivity (Wildman–Crippen MR) is 175 cm³/mol. The maximum Gasteiger partial charge on any atom is 0.393 e. The highest BCUT2D eigenvalue weighted by Crippen LogP contribution is 2.33. The van der Waals surface area contributed by atoms with Gasteiger partial charge in [-0.2, -0.15) is 18.4 Å². The lowest BCUT2D eigenvalue weighted by Crippen LogP contribution is -2.50. The summed E-state index contributed by atoms with van der Waals surface area (Å²) in [6.45, 7) is 13.2. The number of thiophene rings is 1. The van der Waals surface area contributed by atoms with Gasteiger partial charge in [-0.25, -0.2) is 9.97 Å². The third-order valence-corrected chi connectivity index (χ3v) is 10.3. The summed E-state index contributed by atoms with van der Waals surface area (Å²) in [7, 11) is 0. The number of nitriles is 1. The number of anilines is 1. The predicted octanol–water partition coefficient (Wildman–Crippen LogP) is 5.13. The van der Waals surface area contributed by atoms with E-state index in [1.165, 1.54) is 17.5 Å². The maximum atomic E-state index is 12.9. The zero-order valence-electron chi connectivity index (χ0n) is 25.9. The molecule has 6 rings (SSSR count). The molecule has 0 bridgehead atoms. The monoisotopic (exact) mass is 652 g/mol. The molecule has 2 aliphatic heterocycles. The van der Waals surface area contributed by atoms with Gasteiger partial charge in [-0.15, -0.1) is 11.3 Å². The van der Waals surface area contributed by atoms with Crippen LogP contribution < -0.4 is 5.32 Å². The van der Waals surface area contributed by atoms with E-state index in [9.17, 15) is 23.5 Å². The van der Waals surface area contributed by atoms with Crippen molar-refractivity contribution >= 4 is 38.3 Å². The number of nitrogens with one attached hydrogen (secondary N) is 1. The summed E-state index contributed by atoms with van der Waals surface area (Å²) in [5, 5.41) is 25.2.